The third-order valence-corrected chi connectivity index (χ3v) is 1.90. The fourth-order valence-corrected chi connectivity index (χ4v) is 1.18. The third kappa shape index (κ3) is 3.46. The average molecular weight is 210 g/mol. The number of hydrogen-bond donors (Lipinski definition) is 2. The number of amides is 2. The molecule has 0 aromatic carbocycles. The molecule has 1 aromatic heterocycles. The van der Waals surface area contributed by atoms with E-state index in [0.29, 0.717) is 6.42 Å². The molecule has 5 nitrogen and oxygen atoms in total. The van der Waals surface area contributed by atoms with E-state index in [2.05, 4.69) is 10.6 Å². The summed E-state index contributed by atoms with van der Waals surface area (Å²) in [5, 5.41) is 4.81. The van der Waals surface area contributed by atoms with Crippen LogP contribution in [0.5, 0.6) is 0 Å². The zero-order valence-electron chi connectivity index (χ0n) is 8.74. The maximum Gasteiger partial charge on any atom is 0.309 e. The SMILES string of the molecule is CNC(=O)C(=O)NC(C)Cc1ccco1. The molecule has 5 heteroatoms. The molecule has 0 spiro atoms. The first-order chi connectivity index (χ1) is 7.13. The van der Waals surface area contributed by atoms with Crippen molar-refractivity contribution < 1.29 is 14.0 Å². The van der Waals surface area contributed by atoms with Crippen LogP contribution in [0, 0.1) is 0 Å². The fraction of sp³-hybridized carbons (Fsp3) is 0.400. The normalized spacial score (nSPS) is 11.9. The van der Waals surface area contributed by atoms with Gasteiger partial charge in [-0.3, -0.25) is 9.59 Å². The predicted molar refractivity (Wildman–Crippen MR) is 54.1 cm³/mol. The summed E-state index contributed by atoms with van der Waals surface area (Å²) in [4.78, 5) is 22.1. The molecule has 1 heterocycles. The minimum atomic E-state index is -0.638. The molecule has 0 saturated heterocycles. The monoisotopic (exact) mass is 210 g/mol. The Kier molecular flexibility index (Phi) is 3.91. The van der Waals surface area contributed by atoms with Crippen LogP contribution in [-0.4, -0.2) is 24.9 Å². The van der Waals surface area contributed by atoms with Gasteiger partial charge in [-0.05, 0) is 19.1 Å². The standard InChI is InChI=1S/C10H14N2O3/c1-7(6-8-4-3-5-15-8)12-10(14)9(13)11-2/h3-5,7H,6H2,1-2H3,(H,11,13)(H,12,14). The molecule has 1 unspecified atom stereocenters. The van der Waals surface area contributed by atoms with Gasteiger partial charge in [0, 0.05) is 19.5 Å². The first-order valence-electron chi connectivity index (χ1n) is 4.68. The van der Waals surface area contributed by atoms with Crippen LogP contribution in [-0.2, 0) is 16.0 Å². The van der Waals surface area contributed by atoms with Crippen molar-refractivity contribution in [2.45, 2.75) is 19.4 Å². The summed E-state index contributed by atoms with van der Waals surface area (Å²) in [7, 11) is 1.42. The van der Waals surface area contributed by atoms with Crippen LogP contribution in [0.1, 0.15) is 12.7 Å². The van der Waals surface area contributed by atoms with Crippen molar-refractivity contribution in [2.24, 2.45) is 0 Å². The number of rotatable bonds is 3. The van der Waals surface area contributed by atoms with E-state index >= 15 is 0 Å². The zero-order chi connectivity index (χ0) is 11.3. The molecule has 0 aliphatic heterocycles. The zero-order valence-corrected chi connectivity index (χ0v) is 8.74. The average Bonchev–Trinajstić information content (AvgIpc) is 2.68. The highest BCUT2D eigenvalue weighted by Gasteiger charge is 2.14. The highest BCUT2D eigenvalue weighted by molar-refractivity contribution is 6.35. The molecule has 2 amide bonds. The second kappa shape index (κ2) is 5.19. The number of hydrogen-bond acceptors (Lipinski definition) is 3. The van der Waals surface area contributed by atoms with Gasteiger partial charge in [0.1, 0.15) is 5.76 Å². The lowest BCUT2D eigenvalue weighted by atomic mass is 10.2. The highest BCUT2D eigenvalue weighted by Crippen LogP contribution is 2.03. The Balaban J connectivity index is 2.39. The second-order valence-electron chi connectivity index (χ2n) is 3.24. The van der Waals surface area contributed by atoms with E-state index in [1.54, 1.807) is 12.3 Å². The first kappa shape index (κ1) is 11.3. The van der Waals surface area contributed by atoms with Gasteiger partial charge in [-0.15, -0.1) is 0 Å². The van der Waals surface area contributed by atoms with E-state index in [1.807, 2.05) is 13.0 Å². The van der Waals surface area contributed by atoms with Crippen molar-refractivity contribution in [3.8, 4) is 0 Å². The van der Waals surface area contributed by atoms with Gasteiger partial charge in [0.2, 0.25) is 0 Å². The number of carbonyl (C=O) groups is 2. The molecular weight excluding hydrogens is 196 g/mol. The van der Waals surface area contributed by atoms with Gasteiger partial charge in [0.25, 0.3) is 0 Å². The van der Waals surface area contributed by atoms with Gasteiger partial charge in [-0.1, -0.05) is 0 Å². The maximum atomic E-state index is 11.2. The third-order valence-electron chi connectivity index (χ3n) is 1.90. The summed E-state index contributed by atoms with van der Waals surface area (Å²) in [6.45, 7) is 1.81. The van der Waals surface area contributed by atoms with E-state index in [-0.39, 0.29) is 6.04 Å². The number of nitrogens with one attached hydrogen (secondary N) is 2. The fourth-order valence-electron chi connectivity index (χ4n) is 1.18. The van der Waals surface area contributed by atoms with Gasteiger partial charge >= 0.3 is 11.8 Å². The summed E-state index contributed by atoms with van der Waals surface area (Å²) in [6.07, 6.45) is 2.14. The molecule has 0 aliphatic carbocycles. The molecular formula is C10H14N2O3. The molecule has 0 bridgehead atoms. The van der Waals surface area contributed by atoms with Crippen molar-refractivity contribution in [1.29, 1.82) is 0 Å². The minimum absolute atomic E-state index is 0.138. The molecule has 2 N–H and O–H groups in total. The molecule has 82 valence electrons. The summed E-state index contributed by atoms with van der Waals surface area (Å²) in [5.74, 6) is -0.488. The van der Waals surface area contributed by atoms with Crippen LogP contribution < -0.4 is 10.6 Å². The molecule has 0 radical (unpaired) electrons. The molecule has 0 saturated carbocycles. The van der Waals surface area contributed by atoms with Gasteiger partial charge in [-0.25, -0.2) is 0 Å². The molecule has 15 heavy (non-hydrogen) atoms. The molecule has 1 aromatic rings. The quantitative estimate of drug-likeness (QED) is 0.694. The van der Waals surface area contributed by atoms with Crippen LogP contribution in [0.15, 0.2) is 22.8 Å². The van der Waals surface area contributed by atoms with Crippen LogP contribution in [0.4, 0.5) is 0 Å². The Morgan fingerprint density at radius 3 is 2.73 bits per heavy atom. The Morgan fingerprint density at radius 2 is 2.20 bits per heavy atom. The van der Waals surface area contributed by atoms with Crippen molar-refractivity contribution >= 4 is 11.8 Å². The Labute approximate surface area is 87.8 Å². The van der Waals surface area contributed by atoms with Gasteiger partial charge < -0.3 is 15.1 Å². The lowest BCUT2D eigenvalue weighted by molar-refractivity contribution is -0.139. The number of furan rings is 1. The first-order valence-corrected chi connectivity index (χ1v) is 4.68. The number of likely N-dealkylation sites (N-methyl/N-ethyl adjacent to an activating group) is 1. The van der Waals surface area contributed by atoms with Gasteiger partial charge in [0.05, 0.1) is 6.26 Å². The molecule has 0 aliphatic rings. The summed E-state index contributed by atoms with van der Waals surface area (Å²) in [6, 6.07) is 3.46. The van der Waals surface area contributed by atoms with Crippen molar-refractivity contribution in [3.05, 3.63) is 24.2 Å². The second-order valence-corrected chi connectivity index (χ2v) is 3.24. The molecule has 1 atom stereocenters. The van der Waals surface area contributed by atoms with Crippen molar-refractivity contribution in [3.63, 3.8) is 0 Å². The van der Waals surface area contributed by atoms with Crippen LogP contribution in [0.25, 0.3) is 0 Å². The van der Waals surface area contributed by atoms with Gasteiger partial charge in [0.15, 0.2) is 0 Å². The smallest absolute Gasteiger partial charge is 0.309 e. The van der Waals surface area contributed by atoms with Crippen LogP contribution in [0.2, 0.25) is 0 Å². The van der Waals surface area contributed by atoms with E-state index < -0.39 is 11.8 Å². The lowest BCUT2D eigenvalue weighted by Gasteiger charge is -2.11. The topological polar surface area (TPSA) is 71.3 Å². The van der Waals surface area contributed by atoms with Crippen LogP contribution >= 0.6 is 0 Å². The predicted octanol–water partition coefficient (Wildman–Crippen LogP) is 0.0728. The largest absolute Gasteiger partial charge is 0.469 e. The summed E-state index contributed by atoms with van der Waals surface area (Å²) >= 11 is 0. The Morgan fingerprint density at radius 1 is 1.47 bits per heavy atom. The highest BCUT2D eigenvalue weighted by atomic mass is 16.3. The van der Waals surface area contributed by atoms with E-state index in [4.69, 9.17) is 4.42 Å². The molecule has 1 rings (SSSR count). The number of carbonyl (C=O) groups excluding carboxylic acids is 2. The Bertz CT molecular complexity index is 332. The summed E-state index contributed by atoms with van der Waals surface area (Å²) in [5.41, 5.74) is 0. The maximum absolute atomic E-state index is 11.2. The van der Waals surface area contributed by atoms with E-state index in [9.17, 15) is 9.59 Å². The van der Waals surface area contributed by atoms with Gasteiger partial charge in [-0.2, -0.15) is 0 Å². The Hall–Kier alpha value is -1.78. The van der Waals surface area contributed by atoms with Crippen molar-refractivity contribution in [2.75, 3.05) is 7.05 Å². The van der Waals surface area contributed by atoms with Crippen molar-refractivity contribution in [1.82, 2.24) is 10.6 Å². The van der Waals surface area contributed by atoms with Crippen LogP contribution in [0.3, 0.4) is 0 Å². The van der Waals surface area contributed by atoms with E-state index in [1.165, 1.54) is 7.05 Å². The molecule has 0 fully saturated rings. The summed E-state index contributed by atoms with van der Waals surface area (Å²) < 4.78 is 5.12. The van der Waals surface area contributed by atoms with E-state index in [0.717, 1.165) is 5.76 Å². The minimum Gasteiger partial charge on any atom is -0.469 e. The lowest BCUT2D eigenvalue weighted by Crippen LogP contribution is -2.43.